The molecule has 2 aromatic rings. The quantitative estimate of drug-likeness (QED) is 0.901. The van der Waals surface area contributed by atoms with Crippen molar-refractivity contribution in [1.29, 1.82) is 0 Å². The third-order valence-electron chi connectivity index (χ3n) is 2.72. The first-order valence-electron chi connectivity index (χ1n) is 5.67. The van der Waals surface area contributed by atoms with Crippen molar-refractivity contribution in [2.45, 2.75) is 20.4 Å². The van der Waals surface area contributed by atoms with Crippen molar-refractivity contribution in [1.82, 2.24) is 4.98 Å². The number of carboxylic acids is 1. The minimum Gasteiger partial charge on any atom is -0.478 e. The van der Waals surface area contributed by atoms with Crippen molar-refractivity contribution in [3.63, 3.8) is 0 Å². The van der Waals surface area contributed by atoms with Crippen LogP contribution in [0.5, 0.6) is 0 Å². The Labute approximate surface area is 118 Å². The van der Waals surface area contributed by atoms with Crippen molar-refractivity contribution in [3.05, 3.63) is 45.6 Å². The normalized spacial score (nSPS) is 10.5. The zero-order valence-corrected chi connectivity index (χ0v) is 12.1. The zero-order valence-electron chi connectivity index (χ0n) is 10.5. The predicted octanol–water partition coefficient (Wildman–Crippen LogP) is 3.36. The molecular weight excluding hydrogens is 312 g/mol. The van der Waals surface area contributed by atoms with Gasteiger partial charge in [-0.3, -0.25) is 0 Å². The van der Waals surface area contributed by atoms with Gasteiger partial charge in [-0.05, 0) is 48.0 Å². The van der Waals surface area contributed by atoms with Crippen LogP contribution in [0.25, 0.3) is 0 Å². The van der Waals surface area contributed by atoms with E-state index in [0.717, 1.165) is 17.1 Å². The number of carboxylic acid groups (broad SMARTS) is 1. The Kier molecular flexibility index (Phi) is 3.90. The molecule has 1 aromatic carbocycles. The highest BCUT2D eigenvalue weighted by atomic mass is 79.9. The van der Waals surface area contributed by atoms with Crippen LogP contribution in [0.4, 0.5) is 5.69 Å². The molecule has 0 saturated carbocycles. The van der Waals surface area contributed by atoms with Gasteiger partial charge in [-0.1, -0.05) is 0 Å². The van der Waals surface area contributed by atoms with Gasteiger partial charge in [0.2, 0.25) is 5.89 Å². The minimum atomic E-state index is -0.961. The maximum atomic E-state index is 10.9. The van der Waals surface area contributed by atoms with Crippen molar-refractivity contribution in [2.24, 2.45) is 0 Å². The Morgan fingerprint density at radius 2 is 2.21 bits per heavy atom. The van der Waals surface area contributed by atoms with Crippen molar-refractivity contribution in [3.8, 4) is 0 Å². The molecule has 0 unspecified atom stereocenters. The second-order valence-corrected chi connectivity index (χ2v) is 4.96. The summed E-state index contributed by atoms with van der Waals surface area (Å²) in [4.78, 5) is 15.1. The Bertz CT molecular complexity index is 603. The van der Waals surface area contributed by atoms with Crippen LogP contribution >= 0.6 is 15.9 Å². The van der Waals surface area contributed by atoms with Gasteiger partial charge in [-0.2, -0.15) is 0 Å². The van der Waals surface area contributed by atoms with Gasteiger partial charge in [-0.15, -0.1) is 0 Å². The molecule has 0 bridgehead atoms. The fourth-order valence-electron chi connectivity index (χ4n) is 1.59. The van der Waals surface area contributed by atoms with E-state index in [1.165, 1.54) is 0 Å². The second-order valence-electron chi connectivity index (χ2n) is 4.10. The standard InChI is InChI=1S/C13H13BrN2O3/c1-7-8(2)19-12(16-7)6-15-9-3-4-10(13(17)18)11(14)5-9/h3-5,15H,6H2,1-2H3,(H,17,18). The fourth-order valence-corrected chi connectivity index (χ4v) is 2.14. The van der Waals surface area contributed by atoms with Crippen LogP contribution in [0.3, 0.4) is 0 Å². The number of hydrogen-bond acceptors (Lipinski definition) is 4. The van der Waals surface area contributed by atoms with E-state index in [0.29, 0.717) is 16.9 Å². The first-order chi connectivity index (χ1) is 8.97. The Morgan fingerprint density at radius 3 is 2.74 bits per heavy atom. The molecule has 1 heterocycles. The molecule has 0 atom stereocenters. The zero-order chi connectivity index (χ0) is 14.0. The molecule has 6 heteroatoms. The average molecular weight is 325 g/mol. The van der Waals surface area contributed by atoms with Gasteiger partial charge in [0.1, 0.15) is 5.76 Å². The Balaban J connectivity index is 2.08. The van der Waals surface area contributed by atoms with E-state index in [1.54, 1.807) is 18.2 Å². The highest BCUT2D eigenvalue weighted by molar-refractivity contribution is 9.10. The molecule has 0 amide bonds. The maximum Gasteiger partial charge on any atom is 0.336 e. The van der Waals surface area contributed by atoms with Crippen LogP contribution in [-0.2, 0) is 6.54 Å². The lowest BCUT2D eigenvalue weighted by Gasteiger charge is -2.06. The van der Waals surface area contributed by atoms with Crippen LogP contribution < -0.4 is 5.32 Å². The largest absolute Gasteiger partial charge is 0.478 e. The minimum absolute atomic E-state index is 0.230. The number of nitrogens with zero attached hydrogens (tertiary/aromatic N) is 1. The molecule has 2 rings (SSSR count). The van der Waals surface area contributed by atoms with Gasteiger partial charge in [0.05, 0.1) is 17.8 Å². The lowest BCUT2D eigenvalue weighted by atomic mass is 10.2. The van der Waals surface area contributed by atoms with Gasteiger partial charge in [0, 0.05) is 10.2 Å². The van der Waals surface area contributed by atoms with Gasteiger partial charge < -0.3 is 14.8 Å². The van der Waals surface area contributed by atoms with E-state index in [1.807, 2.05) is 13.8 Å². The highest BCUT2D eigenvalue weighted by Crippen LogP contribution is 2.22. The number of benzene rings is 1. The van der Waals surface area contributed by atoms with Gasteiger partial charge in [0.25, 0.3) is 0 Å². The van der Waals surface area contributed by atoms with Crippen molar-refractivity contribution >= 4 is 27.6 Å². The summed E-state index contributed by atoms with van der Waals surface area (Å²) < 4.78 is 5.98. The Hall–Kier alpha value is -1.82. The fraction of sp³-hybridized carbons (Fsp3) is 0.231. The van der Waals surface area contributed by atoms with Crippen LogP contribution in [0.2, 0.25) is 0 Å². The number of aryl methyl sites for hydroxylation is 2. The van der Waals surface area contributed by atoms with Crippen molar-refractivity contribution < 1.29 is 14.3 Å². The number of nitrogens with one attached hydrogen (secondary N) is 1. The van der Waals surface area contributed by atoms with Crippen molar-refractivity contribution in [2.75, 3.05) is 5.32 Å². The first kappa shape index (κ1) is 13.6. The lowest BCUT2D eigenvalue weighted by molar-refractivity contribution is 0.0696. The summed E-state index contributed by atoms with van der Waals surface area (Å²) in [5, 5.41) is 12.1. The maximum absolute atomic E-state index is 10.9. The van der Waals surface area contributed by atoms with Crippen LogP contribution in [0.1, 0.15) is 27.7 Å². The van der Waals surface area contributed by atoms with E-state index < -0.39 is 5.97 Å². The molecular formula is C13H13BrN2O3. The van der Waals surface area contributed by atoms with Crippen LogP contribution in [-0.4, -0.2) is 16.1 Å². The third-order valence-corrected chi connectivity index (χ3v) is 3.37. The molecule has 0 radical (unpaired) electrons. The monoisotopic (exact) mass is 324 g/mol. The number of halogens is 1. The molecule has 1 aromatic heterocycles. The molecule has 0 aliphatic rings. The molecule has 0 fully saturated rings. The topological polar surface area (TPSA) is 75.4 Å². The Morgan fingerprint density at radius 1 is 1.47 bits per heavy atom. The molecule has 5 nitrogen and oxygen atoms in total. The van der Waals surface area contributed by atoms with Gasteiger partial charge >= 0.3 is 5.97 Å². The third kappa shape index (κ3) is 3.14. The average Bonchev–Trinajstić information content (AvgIpc) is 2.66. The van der Waals surface area contributed by atoms with Gasteiger partial charge in [0.15, 0.2) is 0 Å². The molecule has 0 aliphatic heterocycles. The number of aromatic nitrogens is 1. The number of oxazole rings is 1. The first-order valence-corrected chi connectivity index (χ1v) is 6.46. The predicted molar refractivity (Wildman–Crippen MR) is 74.4 cm³/mol. The summed E-state index contributed by atoms with van der Waals surface area (Å²) >= 11 is 3.23. The molecule has 19 heavy (non-hydrogen) atoms. The number of aromatic carboxylic acids is 1. The molecule has 2 N–H and O–H groups in total. The lowest BCUT2D eigenvalue weighted by Crippen LogP contribution is -2.02. The van der Waals surface area contributed by atoms with Gasteiger partial charge in [-0.25, -0.2) is 9.78 Å². The SMILES string of the molecule is Cc1nc(CNc2ccc(C(=O)O)c(Br)c2)oc1C. The number of carbonyl (C=O) groups is 1. The number of hydrogen-bond donors (Lipinski definition) is 2. The van der Waals surface area contributed by atoms with E-state index >= 15 is 0 Å². The van der Waals surface area contributed by atoms with E-state index in [-0.39, 0.29) is 5.56 Å². The smallest absolute Gasteiger partial charge is 0.336 e. The van der Waals surface area contributed by atoms with Crippen LogP contribution in [0, 0.1) is 13.8 Å². The molecule has 100 valence electrons. The van der Waals surface area contributed by atoms with E-state index in [2.05, 4.69) is 26.2 Å². The summed E-state index contributed by atoms with van der Waals surface area (Å²) in [7, 11) is 0. The van der Waals surface area contributed by atoms with E-state index in [4.69, 9.17) is 9.52 Å². The molecule has 0 spiro atoms. The summed E-state index contributed by atoms with van der Waals surface area (Å²) in [5.41, 5.74) is 1.90. The second kappa shape index (κ2) is 5.44. The summed E-state index contributed by atoms with van der Waals surface area (Å²) in [6.07, 6.45) is 0. The highest BCUT2D eigenvalue weighted by Gasteiger charge is 2.09. The summed E-state index contributed by atoms with van der Waals surface area (Å²) in [6, 6.07) is 4.96. The summed E-state index contributed by atoms with van der Waals surface area (Å²) in [5.74, 6) is 0.449. The number of anilines is 1. The number of rotatable bonds is 4. The molecule has 0 saturated heterocycles. The molecule has 0 aliphatic carbocycles. The van der Waals surface area contributed by atoms with E-state index in [9.17, 15) is 4.79 Å². The summed E-state index contributed by atoms with van der Waals surface area (Å²) in [6.45, 7) is 4.21. The van der Waals surface area contributed by atoms with Crippen LogP contribution in [0.15, 0.2) is 27.1 Å².